The topological polar surface area (TPSA) is 202 Å². The third kappa shape index (κ3) is 8.71. The van der Waals surface area contributed by atoms with Gasteiger partial charge in [-0.25, -0.2) is 0 Å². The summed E-state index contributed by atoms with van der Waals surface area (Å²) in [5.41, 5.74) is 0. The van der Waals surface area contributed by atoms with Crippen molar-refractivity contribution in [2.24, 2.45) is 0 Å². The lowest BCUT2D eigenvalue weighted by Gasteiger charge is -2.19. The molecule has 0 unspecified atom stereocenters. The van der Waals surface area contributed by atoms with Gasteiger partial charge in [-0.3, -0.25) is 0 Å². The molecule has 0 bridgehead atoms. The van der Waals surface area contributed by atoms with Crippen LogP contribution in [0.1, 0.15) is 0 Å². The van der Waals surface area contributed by atoms with Gasteiger partial charge in [0.15, 0.2) is 0 Å². The van der Waals surface area contributed by atoms with Gasteiger partial charge in [-0.1, -0.05) is 0 Å². The van der Waals surface area contributed by atoms with Crippen molar-refractivity contribution < 1.29 is 51.1 Å². The van der Waals surface area contributed by atoms with Crippen LogP contribution in [0.5, 0.6) is 0 Å². The van der Waals surface area contributed by atoms with Gasteiger partial charge < -0.3 is 51.1 Å². The van der Waals surface area contributed by atoms with Gasteiger partial charge in [0.05, 0.1) is 26.4 Å². The monoisotopic (exact) mass is 304 g/mol. The number of rotatable bonds is 8. The first-order chi connectivity index (χ1) is 9.26. The molecule has 10 nitrogen and oxygen atoms in total. The van der Waals surface area contributed by atoms with E-state index < -0.39 is 63.1 Å². The molecule has 0 heterocycles. The molecule has 0 fully saturated rings. The van der Waals surface area contributed by atoms with Gasteiger partial charge in [0.25, 0.3) is 0 Å². The highest BCUT2D eigenvalue weighted by Crippen LogP contribution is 1.98. The fourth-order valence-corrected chi connectivity index (χ4v) is 0.945. The summed E-state index contributed by atoms with van der Waals surface area (Å²) >= 11 is 0. The van der Waals surface area contributed by atoms with Crippen LogP contribution in [-0.2, 0) is 0 Å². The molecule has 10 heteroatoms. The summed E-state index contributed by atoms with van der Waals surface area (Å²) in [6.07, 6.45) is -8.58. The lowest BCUT2D eigenvalue weighted by Crippen LogP contribution is -2.41. The van der Waals surface area contributed by atoms with Crippen molar-refractivity contribution in [3.05, 3.63) is 0 Å². The third-order valence-electron chi connectivity index (χ3n) is 2.33. The van der Waals surface area contributed by atoms with Gasteiger partial charge in [0, 0.05) is 0 Å². The molecule has 124 valence electrons. The minimum Gasteiger partial charge on any atom is -0.394 e. The minimum atomic E-state index is -1.49. The van der Waals surface area contributed by atoms with E-state index in [1.165, 1.54) is 0 Å². The Labute approximate surface area is 115 Å². The smallest absolute Gasteiger partial charge is 0.110 e. The highest BCUT2D eigenvalue weighted by Gasteiger charge is 2.23. The van der Waals surface area contributed by atoms with Crippen LogP contribution in [0.3, 0.4) is 0 Å². The van der Waals surface area contributed by atoms with E-state index in [-0.39, 0.29) is 0 Å². The number of aliphatic hydroxyl groups excluding tert-OH is 10. The maximum absolute atomic E-state index is 8.77. The molecule has 0 radical (unpaired) electrons. The highest BCUT2D eigenvalue weighted by molar-refractivity contribution is 4.73. The summed E-state index contributed by atoms with van der Waals surface area (Å²) in [5.74, 6) is 0. The molecule has 0 rings (SSSR count). The van der Waals surface area contributed by atoms with Crippen molar-refractivity contribution >= 4 is 0 Å². The van der Waals surface area contributed by atoms with Crippen LogP contribution >= 0.6 is 0 Å². The second-order valence-corrected chi connectivity index (χ2v) is 3.98. The molecule has 0 aromatic rings. The van der Waals surface area contributed by atoms with E-state index >= 15 is 0 Å². The van der Waals surface area contributed by atoms with Crippen LogP contribution in [0.15, 0.2) is 0 Å². The van der Waals surface area contributed by atoms with Gasteiger partial charge in [-0.15, -0.1) is 0 Å². The van der Waals surface area contributed by atoms with E-state index in [0.717, 1.165) is 0 Å². The molecular weight excluding hydrogens is 280 g/mol. The van der Waals surface area contributed by atoms with Gasteiger partial charge in [-0.05, 0) is 0 Å². The fourth-order valence-electron chi connectivity index (χ4n) is 0.945. The largest absolute Gasteiger partial charge is 0.394 e. The summed E-state index contributed by atoms with van der Waals surface area (Å²) in [7, 11) is 0. The second kappa shape index (κ2) is 12.3. The summed E-state index contributed by atoms with van der Waals surface area (Å²) in [6.45, 7) is -2.56. The first kappa shape index (κ1) is 21.9. The van der Waals surface area contributed by atoms with E-state index in [9.17, 15) is 0 Å². The van der Waals surface area contributed by atoms with Crippen molar-refractivity contribution in [1.29, 1.82) is 0 Å². The Balaban J connectivity index is 0. The third-order valence-corrected chi connectivity index (χ3v) is 2.33. The molecule has 20 heavy (non-hydrogen) atoms. The van der Waals surface area contributed by atoms with E-state index in [4.69, 9.17) is 51.1 Å². The molecule has 0 aliphatic rings. The van der Waals surface area contributed by atoms with Crippen LogP contribution in [0.2, 0.25) is 0 Å². The molecule has 6 atom stereocenters. The van der Waals surface area contributed by atoms with E-state index in [2.05, 4.69) is 0 Å². The predicted octanol–water partition coefficient (Wildman–Crippen LogP) is -5.89. The summed E-state index contributed by atoms with van der Waals surface area (Å²) < 4.78 is 0. The number of aliphatic hydroxyl groups is 10. The van der Waals surface area contributed by atoms with Crippen molar-refractivity contribution in [3.8, 4) is 0 Å². The zero-order valence-corrected chi connectivity index (χ0v) is 10.8. The van der Waals surface area contributed by atoms with Crippen LogP contribution in [0, 0.1) is 0 Å². The molecule has 10 N–H and O–H groups in total. The highest BCUT2D eigenvalue weighted by atomic mass is 16.4. The van der Waals surface area contributed by atoms with E-state index in [1.807, 2.05) is 0 Å². The molecule has 0 aromatic carbocycles. The minimum absolute atomic E-state index is 0.641. The number of hydrogen-bond acceptors (Lipinski definition) is 10. The molecule has 0 aliphatic heterocycles. The Kier molecular flexibility index (Phi) is 13.5. The Morgan fingerprint density at radius 1 is 0.400 bits per heavy atom. The summed E-state index contributed by atoms with van der Waals surface area (Å²) in [4.78, 5) is 0. The van der Waals surface area contributed by atoms with Gasteiger partial charge in [0.1, 0.15) is 36.6 Å². The van der Waals surface area contributed by atoms with Gasteiger partial charge in [-0.2, -0.15) is 0 Å². The van der Waals surface area contributed by atoms with Gasteiger partial charge >= 0.3 is 0 Å². The maximum Gasteiger partial charge on any atom is 0.110 e. The van der Waals surface area contributed by atoms with Crippen molar-refractivity contribution in [2.75, 3.05) is 26.4 Å². The van der Waals surface area contributed by atoms with Crippen molar-refractivity contribution in [1.82, 2.24) is 0 Å². The zero-order valence-electron chi connectivity index (χ0n) is 10.8. The summed E-state index contributed by atoms with van der Waals surface area (Å²) in [5, 5.41) is 85.1. The fraction of sp³-hybridized carbons (Fsp3) is 1.00. The van der Waals surface area contributed by atoms with Crippen LogP contribution < -0.4 is 0 Å². The molecule has 0 amide bonds. The summed E-state index contributed by atoms with van der Waals surface area (Å²) in [6, 6.07) is 0. The average Bonchev–Trinajstić information content (AvgIpc) is 2.50. The van der Waals surface area contributed by atoms with E-state index in [1.54, 1.807) is 0 Å². The Morgan fingerprint density at radius 2 is 0.550 bits per heavy atom. The SMILES string of the molecule is OC[C@@H](O)[C@@H](O)[C@@H](O)CO.OC[C@@H](O)[C@H](O)[C@@H](O)CO. The predicted molar refractivity (Wildman–Crippen MR) is 64.4 cm³/mol. The van der Waals surface area contributed by atoms with Crippen molar-refractivity contribution in [2.45, 2.75) is 36.6 Å². The number of hydrogen-bond donors (Lipinski definition) is 10. The zero-order chi connectivity index (χ0) is 16.3. The van der Waals surface area contributed by atoms with Crippen LogP contribution in [-0.4, -0.2) is 114 Å². The van der Waals surface area contributed by atoms with E-state index in [0.29, 0.717) is 0 Å². The lowest BCUT2D eigenvalue weighted by molar-refractivity contribution is -0.0900. The average molecular weight is 304 g/mol. The Hall–Kier alpha value is -0.400. The van der Waals surface area contributed by atoms with Crippen LogP contribution in [0.25, 0.3) is 0 Å². The first-order valence-corrected chi connectivity index (χ1v) is 5.78. The molecular formula is C10H24O10. The normalized spacial score (nSPS) is 20.1. The van der Waals surface area contributed by atoms with Crippen molar-refractivity contribution in [3.63, 3.8) is 0 Å². The molecule has 0 aromatic heterocycles. The Morgan fingerprint density at radius 3 is 0.650 bits per heavy atom. The quantitative estimate of drug-likeness (QED) is 0.206. The molecule has 0 aliphatic carbocycles. The second-order valence-electron chi connectivity index (χ2n) is 3.98. The standard InChI is InChI=1S/2C5H12O5/c2*6-1-3(8)5(10)4(9)2-7/h2*3-10H,1-2H2/t3-,4+,5+;3-,4+,5-. The Bertz CT molecular complexity index is 174. The lowest BCUT2D eigenvalue weighted by atomic mass is 10.1. The molecule has 0 saturated heterocycles. The molecule has 0 spiro atoms. The van der Waals surface area contributed by atoms with Crippen LogP contribution in [0.4, 0.5) is 0 Å². The first-order valence-electron chi connectivity index (χ1n) is 5.78. The van der Waals surface area contributed by atoms with Gasteiger partial charge in [0.2, 0.25) is 0 Å². The molecule has 0 saturated carbocycles. The maximum atomic E-state index is 8.77.